The standard InChI is InChI=1S/C12H17NO3/c1-8-3-4-11(16-8)12(15)13-6-5-10(7-13)9(2)14/h3-4,9-10,14H,5-7H2,1-2H3. The first-order chi connectivity index (χ1) is 7.58. The minimum absolute atomic E-state index is 0.0729. The quantitative estimate of drug-likeness (QED) is 0.825. The minimum Gasteiger partial charge on any atom is -0.456 e. The Morgan fingerprint density at radius 3 is 2.88 bits per heavy atom. The van der Waals surface area contributed by atoms with Gasteiger partial charge in [0.1, 0.15) is 5.76 Å². The maximum absolute atomic E-state index is 12.0. The summed E-state index contributed by atoms with van der Waals surface area (Å²) in [6, 6.07) is 3.49. The van der Waals surface area contributed by atoms with Gasteiger partial charge in [0.25, 0.3) is 5.91 Å². The molecule has 88 valence electrons. The third kappa shape index (κ3) is 2.11. The monoisotopic (exact) mass is 223 g/mol. The van der Waals surface area contributed by atoms with Crippen molar-refractivity contribution in [2.24, 2.45) is 5.92 Å². The molecule has 1 aromatic heterocycles. The van der Waals surface area contributed by atoms with E-state index in [4.69, 9.17) is 4.42 Å². The first kappa shape index (κ1) is 11.2. The van der Waals surface area contributed by atoms with Crippen LogP contribution in [-0.2, 0) is 0 Å². The molecule has 0 aliphatic carbocycles. The summed E-state index contributed by atoms with van der Waals surface area (Å²) in [5.74, 6) is 1.26. The van der Waals surface area contributed by atoms with Gasteiger partial charge in [-0.1, -0.05) is 0 Å². The van der Waals surface area contributed by atoms with Gasteiger partial charge in [-0.15, -0.1) is 0 Å². The van der Waals surface area contributed by atoms with Gasteiger partial charge in [0.15, 0.2) is 5.76 Å². The van der Waals surface area contributed by atoms with Crippen LogP contribution in [0.2, 0.25) is 0 Å². The number of amides is 1. The van der Waals surface area contributed by atoms with Gasteiger partial charge in [0.2, 0.25) is 0 Å². The van der Waals surface area contributed by atoms with Gasteiger partial charge in [-0.05, 0) is 32.4 Å². The first-order valence-corrected chi connectivity index (χ1v) is 5.61. The number of hydrogen-bond acceptors (Lipinski definition) is 3. The highest BCUT2D eigenvalue weighted by atomic mass is 16.3. The van der Waals surface area contributed by atoms with E-state index in [-0.39, 0.29) is 17.9 Å². The lowest BCUT2D eigenvalue weighted by molar-refractivity contribution is 0.0730. The van der Waals surface area contributed by atoms with Crippen molar-refractivity contribution in [3.63, 3.8) is 0 Å². The molecule has 0 radical (unpaired) electrons. The van der Waals surface area contributed by atoms with Crippen molar-refractivity contribution in [3.05, 3.63) is 23.7 Å². The molecule has 1 fully saturated rings. The highest BCUT2D eigenvalue weighted by Crippen LogP contribution is 2.22. The van der Waals surface area contributed by atoms with Crippen LogP contribution >= 0.6 is 0 Å². The van der Waals surface area contributed by atoms with E-state index in [0.29, 0.717) is 18.8 Å². The predicted molar refractivity (Wildman–Crippen MR) is 59.1 cm³/mol. The van der Waals surface area contributed by atoms with Crippen LogP contribution in [0.25, 0.3) is 0 Å². The van der Waals surface area contributed by atoms with Gasteiger partial charge in [-0.2, -0.15) is 0 Å². The van der Waals surface area contributed by atoms with Crippen LogP contribution in [0.4, 0.5) is 0 Å². The lowest BCUT2D eigenvalue weighted by Gasteiger charge is -2.16. The van der Waals surface area contributed by atoms with Gasteiger partial charge in [-0.3, -0.25) is 4.79 Å². The lowest BCUT2D eigenvalue weighted by atomic mass is 10.0. The highest BCUT2D eigenvalue weighted by Gasteiger charge is 2.30. The van der Waals surface area contributed by atoms with Gasteiger partial charge >= 0.3 is 0 Å². The maximum Gasteiger partial charge on any atom is 0.289 e. The van der Waals surface area contributed by atoms with E-state index in [1.165, 1.54) is 0 Å². The van der Waals surface area contributed by atoms with Crippen molar-refractivity contribution < 1.29 is 14.3 Å². The van der Waals surface area contributed by atoms with E-state index in [1.807, 2.05) is 6.92 Å². The zero-order valence-electron chi connectivity index (χ0n) is 9.64. The average Bonchev–Trinajstić information content (AvgIpc) is 2.84. The second-order valence-electron chi connectivity index (χ2n) is 4.45. The van der Waals surface area contributed by atoms with Crippen LogP contribution in [0.5, 0.6) is 0 Å². The summed E-state index contributed by atoms with van der Waals surface area (Å²) in [5, 5.41) is 9.46. The third-order valence-electron chi connectivity index (χ3n) is 3.15. The fraction of sp³-hybridized carbons (Fsp3) is 0.583. The largest absolute Gasteiger partial charge is 0.456 e. The zero-order valence-corrected chi connectivity index (χ0v) is 9.64. The number of rotatable bonds is 2. The Hall–Kier alpha value is -1.29. The number of hydrogen-bond donors (Lipinski definition) is 1. The molecule has 2 heterocycles. The Morgan fingerprint density at radius 1 is 1.62 bits per heavy atom. The number of nitrogens with zero attached hydrogens (tertiary/aromatic N) is 1. The molecule has 0 spiro atoms. The van der Waals surface area contributed by atoms with E-state index in [0.717, 1.165) is 12.2 Å². The van der Waals surface area contributed by atoms with Crippen LogP contribution in [0.15, 0.2) is 16.5 Å². The molecule has 1 aromatic rings. The number of aryl methyl sites for hydroxylation is 1. The van der Waals surface area contributed by atoms with E-state index in [2.05, 4.69) is 0 Å². The molecule has 2 atom stereocenters. The second-order valence-corrected chi connectivity index (χ2v) is 4.45. The summed E-state index contributed by atoms with van der Waals surface area (Å²) < 4.78 is 5.30. The first-order valence-electron chi connectivity index (χ1n) is 5.61. The molecular formula is C12H17NO3. The van der Waals surface area contributed by atoms with Gasteiger partial charge < -0.3 is 14.4 Å². The fourth-order valence-corrected chi connectivity index (χ4v) is 2.07. The number of aliphatic hydroxyl groups excluding tert-OH is 1. The van der Waals surface area contributed by atoms with Crippen LogP contribution in [0.3, 0.4) is 0 Å². The van der Waals surface area contributed by atoms with Crippen molar-refractivity contribution >= 4 is 5.91 Å². The Kier molecular flexibility index (Phi) is 3.01. The molecular weight excluding hydrogens is 206 g/mol. The van der Waals surface area contributed by atoms with Crippen molar-refractivity contribution in [1.82, 2.24) is 4.90 Å². The Balaban J connectivity index is 2.02. The molecule has 0 bridgehead atoms. The third-order valence-corrected chi connectivity index (χ3v) is 3.15. The summed E-state index contributed by atoms with van der Waals surface area (Å²) in [4.78, 5) is 13.7. The van der Waals surface area contributed by atoms with Gasteiger partial charge in [-0.25, -0.2) is 0 Å². The lowest BCUT2D eigenvalue weighted by Crippen LogP contribution is -2.30. The van der Waals surface area contributed by atoms with Crippen molar-refractivity contribution in [3.8, 4) is 0 Å². The average molecular weight is 223 g/mol. The molecule has 0 aromatic carbocycles. The number of aliphatic hydroxyl groups is 1. The molecule has 1 aliphatic heterocycles. The summed E-state index contributed by atoms with van der Waals surface area (Å²) >= 11 is 0. The SMILES string of the molecule is Cc1ccc(C(=O)N2CCC(C(C)O)C2)o1. The van der Waals surface area contributed by atoms with Crippen LogP contribution in [0, 0.1) is 12.8 Å². The normalized spacial score (nSPS) is 22.4. The molecule has 1 N–H and O–H groups in total. The van der Waals surface area contributed by atoms with Crippen LogP contribution in [-0.4, -0.2) is 35.1 Å². The van der Waals surface area contributed by atoms with Crippen LogP contribution < -0.4 is 0 Å². The molecule has 0 saturated carbocycles. The summed E-state index contributed by atoms with van der Waals surface area (Å²) in [5.41, 5.74) is 0. The topological polar surface area (TPSA) is 53.7 Å². The van der Waals surface area contributed by atoms with Gasteiger partial charge in [0.05, 0.1) is 6.10 Å². The molecule has 1 aliphatic rings. The maximum atomic E-state index is 12.0. The summed E-state index contributed by atoms with van der Waals surface area (Å²) in [6.45, 7) is 4.92. The van der Waals surface area contributed by atoms with Gasteiger partial charge in [0, 0.05) is 19.0 Å². The fourth-order valence-electron chi connectivity index (χ4n) is 2.07. The zero-order chi connectivity index (χ0) is 11.7. The Labute approximate surface area is 94.9 Å². The molecule has 1 saturated heterocycles. The number of furan rings is 1. The summed E-state index contributed by atoms with van der Waals surface area (Å²) in [6.07, 6.45) is 0.513. The highest BCUT2D eigenvalue weighted by molar-refractivity contribution is 5.91. The van der Waals surface area contributed by atoms with Crippen LogP contribution in [0.1, 0.15) is 29.7 Å². The number of carbonyl (C=O) groups is 1. The molecule has 2 unspecified atom stereocenters. The Morgan fingerprint density at radius 2 is 2.38 bits per heavy atom. The smallest absolute Gasteiger partial charge is 0.289 e. The van der Waals surface area contributed by atoms with Crippen molar-refractivity contribution in [1.29, 1.82) is 0 Å². The number of carbonyl (C=O) groups excluding carboxylic acids is 1. The minimum atomic E-state index is -0.351. The van der Waals surface area contributed by atoms with E-state index >= 15 is 0 Å². The van der Waals surface area contributed by atoms with E-state index < -0.39 is 0 Å². The van der Waals surface area contributed by atoms with E-state index in [1.54, 1.807) is 24.0 Å². The molecule has 16 heavy (non-hydrogen) atoms. The van der Waals surface area contributed by atoms with Crippen molar-refractivity contribution in [2.75, 3.05) is 13.1 Å². The summed E-state index contributed by atoms with van der Waals surface area (Å²) in [7, 11) is 0. The Bertz CT molecular complexity index is 383. The second kappa shape index (κ2) is 4.29. The molecule has 4 nitrogen and oxygen atoms in total. The molecule has 4 heteroatoms. The molecule has 1 amide bonds. The van der Waals surface area contributed by atoms with E-state index in [9.17, 15) is 9.90 Å². The molecule has 2 rings (SSSR count). The number of likely N-dealkylation sites (tertiary alicyclic amines) is 1. The van der Waals surface area contributed by atoms with Crippen molar-refractivity contribution in [2.45, 2.75) is 26.4 Å². The predicted octanol–water partition coefficient (Wildman–Crippen LogP) is 1.43.